The summed E-state index contributed by atoms with van der Waals surface area (Å²) >= 11 is 3.32. The monoisotopic (exact) mass is 504 g/mol. The standard InChI is InChI=1S/C20H20BrF3N2O3S/c21-17-5-1-3-14(11-17)13-30(28,29)26-9-7-15(8-10-26)19(27)25-18-6-2-4-16(12-18)20(22,23)24/h1-6,11-12,15H,7-10,13H2,(H,25,27). The van der Waals surface area contributed by atoms with Gasteiger partial charge in [0.25, 0.3) is 0 Å². The second-order valence-electron chi connectivity index (χ2n) is 7.13. The quantitative estimate of drug-likeness (QED) is 0.644. The lowest BCUT2D eigenvalue weighted by atomic mass is 9.97. The smallest absolute Gasteiger partial charge is 0.326 e. The number of carbonyl (C=O) groups excluding carboxylic acids is 1. The third-order valence-electron chi connectivity index (χ3n) is 4.91. The number of benzene rings is 2. The predicted molar refractivity (Wildman–Crippen MR) is 111 cm³/mol. The van der Waals surface area contributed by atoms with Gasteiger partial charge in [-0.2, -0.15) is 13.2 Å². The van der Waals surface area contributed by atoms with E-state index in [-0.39, 0.29) is 24.5 Å². The fraction of sp³-hybridized carbons (Fsp3) is 0.350. The van der Waals surface area contributed by atoms with Crippen LogP contribution in [-0.4, -0.2) is 31.7 Å². The Morgan fingerprint density at radius 3 is 2.40 bits per heavy atom. The van der Waals surface area contributed by atoms with Crippen LogP contribution in [0.15, 0.2) is 53.0 Å². The molecule has 1 saturated heterocycles. The van der Waals surface area contributed by atoms with E-state index in [0.717, 1.165) is 16.6 Å². The van der Waals surface area contributed by atoms with Crippen LogP contribution in [0.1, 0.15) is 24.0 Å². The predicted octanol–water partition coefficient (Wildman–Crippen LogP) is 4.65. The SMILES string of the molecule is O=C(Nc1cccc(C(F)(F)F)c1)C1CCN(S(=O)(=O)Cc2cccc(Br)c2)CC1. The zero-order valence-electron chi connectivity index (χ0n) is 15.8. The van der Waals surface area contributed by atoms with Crippen LogP contribution >= 0.6 is 15.9 Å². The van der Waals surface area contributed by atoms with E-state index in [2.05, 4.69) is 21.2 Å². The highest BCUT2D eigenvalue weighted by atomic mass is 79.9. The van der Waals surface area contributed by atoms with Crippen LogP contribution in [0.3, 0.4) is 0 Å². The first-order valence-corrected chi connectivity index (χ1v) is 11.7. The highest BCUT2D eigenvalue weighted by Crippen LogP contribution is 2.31. The molecule has 2 aromatic rings. The minimum Gasteiger partial charge on any atom is -0.326 e. The molecule has 0 aromatic heterocycles. The van der Waals surface area contributed by atoms with E-state index in [1.807, 2.05) is 6.07 Å². The Balaban J connectivity index is 1.58. The van der Waals surface area contributed by atoms with Crippen molar-refractivity contribution >= 4 is 37.5 Å². The van der Waals surface area contributed by atoms with Gasteiger partial charge < -0.3 is 5.32 Å². The van der Waals surface area contributed by atoms with E-state index in [1.165, 1.54) is 16.4 Å². The molecule has 0 aliphatic carbocycles. The van der Waals surface area contributed by atoms with Gasteiger partial charge in [-0.25, -0.2) is 12.7 Å². The number of piperidine rings is 1. The van der Waals surface area contributed by atoms with Crippen LogP contribution in [0.2, 0.25) is 0 Å². The van der Waals surface area contributed by atoms with E-state index in [4.69, 9.17) is 0 Å². The largest absolute Gasteiger partial charge is 0.416 e. The molecule has 2 aromatic carbocycles. The number of amides is 1. The first kappa shape index (κ1) is 22.8. The van der Waals surface area contributed by atoms with Gasteiger partial charge in [0.15, 0.2) is 0 Å². The number of hydrogen-bond acceptors (Lipinski definition) is 3. The normalized spacial score (nSPS) is 16.4. The lowest BCUT2D eigenvalue weighted by Crippen LogP contribution is -2.41. The molecule has 0 bridgehead atoms. The van der Waals surface area contributed by atoms with E-state index in [1.54, 1.807) is 18.2 Å². The molecule has 1 N–H and O–H groups in total. The molecular weight excluding hydrogens is 485 g/mol. The Kier molecular flexibility index (Phi) is 6.88. The van der Waals surface area contributed by atoms with Gasteiger partial charge in [0.1, 0.15) is 0 Å². The molecule has 1 heterocycles. The summed E-state index contributed by atoms with van der Waals surface area (Å²) in [6.07, 6.45) is -3.88. The van der Waals surface area contributed by atoms with Crippen molar-refractivity contribution in [1.82, 2.24) is 4.31 Å². The first-order valence-electron chi connectivity index (χ1n) is 9.25. The van der Waals surface area contributed by atoms with Gasteiger partial charge in [-0.15, -0.1) is 0 Å². The van der Waals surface area contributed by atoms with Crippen molar-refractivity contribution < 1.29 is 26.4 Å². The van der Waals surface area contributed by atoms with Crippen molar-refractivity contribution in [2.24, 2.45) is 5.92 Å². The van der Waals surface area contributed by atoms with Crippen LogP contribution < -0.4 is 5.32 Å². The molecule has 3 rings (SSSR count). The molecular formula is C20H20BrF3N2O3S. The summed E-state index contributed by atoms with van der Waals surface area (Å²) in [5.41, 5.74) is -0.109. The Morgan fingerprint density at radius 1 is 1.10 bits per heavy atom. The topological polar surface area (TPSA) is 66.5 Å². The van der Waals surface area contributed by atoms with Crippen LogP contribution in [0, 0.1) is 5.92 Å². The molecule has 10 heteroatoms. The van der Waals surface area contributed by atoms with Crippen molar-refractivity contribution in [3.05, 3.63) is 64.1 Å². The second kappa shape index (κ2) is 9.07. The molecule has 1 aliphatic heterocycles. The number of hydrogen-bond donors (Lipinski definition) is 1. The van der Waals surface area contributed by atoms with Gasteiger partial charge >= 0.3 is 6.18 Å². The molecule has 162 valence electrons. The van der Waals surface area contributed by atoms with E-state index in [9.17, 15) is 26.4 Å². The number of rotatable bonds is 5. The fourth-order valence-corrected chi connectivity index (χ4v) is 5.34. The van der Waals surface area contributed by atoms with Crippen molar-refractivity contribution in [2.45, 2.75) is 24.8 Å². The van der Waals surface area contributed by atoms with Gasteiger partial charge in [0, 0.05) is 29.2 Å². The molecule has 1 aliphatic rings. The summed E-state index contributed by atoms with van der Waals surface area (Å²) in [6, 6.07) is 11.5. The van der Waals surface area contributed by atoms with Gasteiger partial charge in [-0.3, -0.25) is 4.79 Å². The Bertz CT molecular complexity index is 1020. The van der Waals surface area contributed by atoms with E-state index in [0.29, 0.717) is 18.4 Å². The molecule has 0 unspecified atom stereocenters. The van der Waals surface area contributed by atoms with Crippen molar-refractivity contribution in [3.8, 4) is 0 Å². The number of nitrogens with one attached hydrogen (secondary N) is 1. The molecule has 0 spiro atoms. The number of halogens is 4. The second-order valence-corrected chi connectivity index (χ2v) is 10.0. The summed E-state index contributed by atoms with van der Waals surface area (Å²) in [5.74, 6) is -0.997. The van der Waals surface area contributed by atoms with Crippen LogP contribution in [0.5, 0.6) is 0 Å². The summed E-state index contributed by atoms with van der Waals surface area (Å²) in [4.78, 5) is 12.4. The summed E-state index contributed by atoms with van der Waals surface area (Å²) in [5, 5.41) is 2.51. The van der Waals surface area contributed by atoms with Crippen molar-refractivity contribution in [2.75, 3.05) is 18.4 Å². The minimum absolute atomic E-state index is 0.0690. The average Bonchev–Trinajstić information content (AvgIpc) is 2.67. The van der Waals surface area contributed by atoms with Gasteiger partial charge in [0.05, 0.1) is 11.3 Å². The summed E-state index contributed by atoms with van der Waals surface area (Å²) in [7, 11) is -3.53. The molecule has 30 heavy (non-hydrogen) atoms. The highest BCUT2D eigenvalue weighted by Gasteiger charge is 2.32. The zero-order chi connectivity index (χ0) is 21.9. The zero-order valence-corrected chi connectivity index (χ0v) is 18.2. The number of carbonyl (C=O) groups is 1. The molecule has 1 fully saturated rings. The Morgan fingerprint density at radius 2 is 1.77 bits per heavy atom. The first-order chi connectivity index (χ1) is 14.0. The number of anilines is 1. The molecule has 1 amide bonds. The van der Waals surface area contributed by atoms with Crippen LogP contribution in [-0.2, 0) is 26.7 Å². The van der Waals surface area contributed by atoms with Gasteiger partial charge in [-0.05, 0) is 48.7 Å². The van der Waals surface area contributed by atoms with E-state index < -0.39 is 33.6 Å². The number of sulfonamides is 1. The molecule has 0 radical (unpaired) electrons. The maximum atomic E-state index is 12.8. The minimum atomic E-state index is -4.49. The lowest BCUT2D eigenvalue weighted by molar-refractivity contribution is -0.137. The third kappa shape index (κ3) is 5.83. The fourth-order valence-electron chi connectivity index (χ4n) is 3.34. The third-order valence-corrected chi connectivity index (χ3v) is 7.26. The summed E-state index contributed by atoms with van der Waals surface area (Å²) in [6.45, 7) is 0.383. The lowest BCUT2D eigenvalue weighted by Gasteiger charge is -2.30. The molecule has 0 atom stereocenters. The van der Waals surface area contributed by atoms with Crippen LogP contribution in [0.4, 0.5) is 18.9 Å². The van der Waals surface area contributed by atoms with Gasteiger partial charge in [-0.1, -0.05) is 34.1 Å². The van der Waals surface area contributed by atoms with E-state index >= 15 is 0 Å². The number of nitrogens with zero attached hydrogens (tertiary/aromatic N) is 1. The molecule has 0 saturated carbocycles. The summed E-state index contributed by atoms with van der Waals surface area (Å²) < 4.78 is 65.9. The Hall–Kier alpha value is -1.91. The molecule has 5 nitrogen and oxygen atoms in total. The average molecular weight is 505 g/mol. The van der Waals surface area contributed by atoms with Crippen molar-refractivity contribution in [3.63, 3.8) is 0 Å². The maximum Gasteiger partial charge on any atom is 0.416 e. The number of alkyl halides is 3. The van der Waals surface area contributed by atoms with Crippen LogP contribution in [0.25, 0.3) is 0 Å². The maximum absolute atomic E-state index is 12.8. The van der Waals surface area contributed by atoms with Crippen molar-refractivity contribution in [1.29, 1.82) is 0 Å². The highest BCUT2D eigenvalue weighted by molar-refractivity contribution is 9.10. The Labute approximate surface area is 181 Å². The van der Waals surface area contributed by atoms with Gasteiger partial charge in [0.2, 0.25) is 15.9 Å².